The molecule has 0 amide bonds. The van der Waals surface area contributed by atoms with E-state index in [9.17, 15) is 0 Å². The molecule has 4 heteroatoms. The van der Waals surface area contributed by atoms with Crippen LogP contribution < -0.4 is 10.6 Å². The highest BCUT2D eigenvalue weighted by Gasteiger charge is 2.03. The highest BCUT2D eigenvalue weighted by atomic mass is 127. The number of hydrogen-bond donors (Lipinski definition) is 1. The first-order valence-electron chi connectivity index (χ1n) is 3.86. The van der Waals surface area contributed by atoms with Crippen LogP contribution in [0.3, 0.4) is 0 Å². The fourth-order valence-electron chi connectivity index (χ4n) is 0.967. The number of halogens is 1. The summed E-state index contributed by atoms with van der Waals surface area (Å²) in [5, 5.41) is 0. The van der Waals surface area contributed by atoms with E-state index in [1.807, 2.05) is 30.1 Å². The van der Waals surface area contributed by atoms with Crippen LogP contribution in [-0.4, -0.2) is 20.1 Å². The normalized spacial score (nSPS) is 11.5. The predicted molar refractivity (Wildman–Crippen MR) is 65.1 cm³/mol. The quantitative estimate of drug-likeness (QED) is 0.485. The van der Waals surface area contributed by atoms with Gasteiger partial charge in [-0.05, 0) is 40.8 Å². The van der Waals surface area contributed by atoms with E-state index in [0.29, 0.717) is 5.96 Å². The molecule has 0 unspecified atom stereocenters. The van der Waals surface area contributed by atoms with Gasteiger partial charge in [0.25, 0.3) is 0 Å². The Morgan fingerprint density at radius 2 is 2.23 bits per heavy atom. The summed E-state index contributed by atoms with van der Waals surface area (Å²) in [5.74, 6) is 0.516. The number of benzene rings is 1. The highest BCUT2D eigenvalue weighted by Crippen LogP contribution is 2.15. The molecule has 0 heterocycles. The number of aliphatic imine (C=N–C) groups is 1. The van der Waals surface area contributed by atoms with Crippen molar-refractivity contribution in [2.24, 2.45) is 10.7 Å². The lowest BCUT2D eigenvalue weighted by atomic mass is 10.3. The third kappa shape index (κ3) is 2.58. The van der Waals surface area contributed by atoms with Crippen molar-refractivity contribution in [3.63, 3.8) is 0 Å². The van der Waals surface area contributed by atoms with Gasteiger partial charge in [0.2, 0.25) is 0 Å². The van der Waals surface area contributed by atoms with Gasteiger partial charge < -0.3 is 10.6 Å². The smallest absolute Gasteiger partial charge is 0.195 e. The first-order valence-corrected chi connectivity index (χ1v) is 4.94. The van der Waals surface area contributed by atoms with Crippen molar-refractivity contribution in [3.8, 4) is 0 Å². The van der Waals surface area contributed by atoms with Gasteiger partial charge in [0, 0.05) is 23.4 Å². The molecule has 0 aliphatic heterocycles. The van der Waals surface area contributed by atoms with Crippen molar-refractivity contribution >= 4 is 34.2 Å². The van der Waals surface area contributed by atoms with Crippen LogP contribution in [0.25, 0.3) is 0 Å². The number of rotatable bonds is 1. The molecule has 1 aromatic carbocycles. The van der Waals surface area contributed by atoms with E-state index in [1.54, 1.807) is 7.05 Å². The van der Waals surface area contributed by atoms with Crippen molar-refractivity contribution in [1.29, 1.82) is 0 Å². The molecule has 0 saturated heterocycles. The minimum Gasteiger partial charge on any atom is -0.370 e. The van der Waals surface area contributed by atoms with Gasteiger partial charge in [-0.15, -0.1) is 0 Å². The monoisotopic (exact) mass is 289 g/mol. The van der Waals surface area contributed by atoms with Crippen LogP contribution in [0.2, 0.25) is 0 Å². The second-order valence-corrected chi connectivity index (χ2v) is 3.87. The number of anilines is 1. The number of nitrogens with zero attached hydrogens (tertiary/aromatic N) is 2. The molecule has 0 bridgehead atoms. The maximum Gasteiger partial charge on any atom is 0.195 e. The molecular formula is C9H12IN3. The molecule has 0 aliphatic carbocycles. The van der Waals surface area contributed by atoms with Gasteiger partial charge in [0.05, 0.1) is 0 Å². The summed E-state index contributed by atoms with van der Waals surface area (Å²) < 4.78 is 1.19. The van der Waals surface area contributed by atoms with Crippen molar-refractivity contribution in [2.45, 2.75) is 0 Å². The lowest BCUT2D eigenvalue weighted by molar-refractivity contribution is 1.20. The number of guanidine groups is 1. The molecule has 1 rings (SSSR count). The first-order chi connectivity index (χ1) is 6.15. The standard InChI is InChI=1S/C9H12IN3/c1-12-9(11)13(2)8-5-3-4-7(10)6-8/h3-6H,1-2H3,(H2,11,12). The lowest BCUT2D eigenvalue weighted by Gasteiger charge is -2.17. The van der Waals surface area contributed by atoms with E-state index in [1.165, 1.54) is 3.57 Å². The molecule has 0 fully saturated rings. The zero-order valence-corrected chi connectivity index (χ0v) is 9.82. The Hall–Kier alpha value is -0.780. The molecule has 70 valence electrons. The minimum absolute atomic E-state index is 0.516. The van der Waals surface area contributed by atoms with E-state index in [2.05, 4.69) is 33.6 Å². The first kappa shape index (κ1) is 10.3. The topological polar surface area (TPSA) is 41.6 Å². The van der Waals surface area contributed by atoms with Crippen LogP contribution in [0.15, 0.2) is 29.3 Å². The van der Waals surface area contributed by atoms with Gasteiger partial charge in [-0.2, -0.15) is 0 Å². The van der Waals surface area contributed by atoms with Crippen molar-refractivity contribution in [2.75, 3.05) is 19.0 Å². The molecule has 0 atom stereocenters. The molecular weight excluding hydrogens is 277 g/mol. The fraction of sp³-hybridized carbons (Fsp3) is 0.222. The second-order valence-electron chi connectivity index (χ2n) is 2.62. The van der Waals surface area contributed by atoms with E-state index in [4.69, 9.17) is 5.73 Å². The summed E-state index contributed by atoms with van der Waals surface area (Å²) >= 11 is 2.27. The average Bonchev–Trinajstić information content (AvgIpc) is 2.15. The summed E-state index contributed by atoms with van der Waals surface area (Å²) in [4.78, 5) is 5.76. The van der Waals surface area contributed by atoms with E-state index in [-0.39, 0.29) is 0 Å². The Morgan fingerprint density at radius 3 is 2.77 bits per heavy atom. The van der Waals surface area contributed by atoms with Gasteiger partial charge in [0.15, 0.2) is 5.96 Å². The van der Waals surface area contributed by atoms with Crippen LogP contribution in [-0.2, 0) is 0 Å². The molecule has 0 aromatic heterocycles. The predicted octanol–water partition coefficient (Wildman–Crippen LogP) is 1.67. The summed E-state index contributed by atoms with van der Waals surface area (Å²) in [7, 11) is 3.58. The molecule has 13 heavy (non-hydrogen) atoms. The SMILES string of the molecule is CN=C(N)N(C)c1cccc(I)c1. The Balaban J connectivity index is 2.95. The van der Waals surface area contributed by atoms with E-state index in [0.717, 1.165) is 5.69 Å². The highest BCUT2D eigenvalue weighted by molar-refractivity contribution is 14.1. The Morgan fingerprint density at radius 1 is 1.54 bits per heavy atom. The third-order valence-electron chi connectivity index (χ3n) is 1.77. The zero-order chi connectivity index (χ0) is 9.84. The summed E-state index contributed by atoms with van der Waals surface area (Å²) in [6, 6.07) is 8.09. The Kier molecular flexibility index (Phi) is 3.53. The molecule has 0 saturated carbocycles. The van der Waals surface area contributed by atoms with E-state index < -0.39 is 0 Å². The van der Waals surface area contributed by atoms with Gasteiger partial charge in [-0.1, -0.05) is 6.07 Å². The Bertz CT molecular complexity index is 322. The van der Waals surface area contributed by atoms with Crippen LogP contribution in [0.5, 0.6) is 0 Å². The third-order valence-corrected chi connectivity index (χ3v) is 2.44. The summed E-state index contributed by atoms with van der Waals surface area (Å²) in [6.07, 6.45) is 0. The lowest BCUT2D eigenvalue weighted by Crippen LogP contribution is -2.33. The van der Waals surface area contributed by atoms with Gasteiger partial charge in [-0.3, -0.25) is 4.99 Å². The summed E-state index contributed by atoms with van der Waals surface area (Å²) in [5.41, 5.74) is 6.72. The minimum atomic E-state index is 0.516. The molecule has 0 aliphatic rings. The van der Waals surface area contributed by atoms with Gasteiger partial charge in [-0.25, -0.2) is 0 Å². The van der Waals surface area contributed by atoms with E-state index >= 15 is 0 Å². The molecule has 0 radical (unpaired) electrons. The maximum atomic E-state index is 5.67. The maximum absolute atomic E-state index is 5.67. The van der Waals surface area contributed by atoms with Gasteiger partial charge in [0.1, 0.15) is 0 Å². The largest absolute Gasteiger partial charge is 0.370 e. The molecule has 1 aromatic rings. The molecule has 0 spiro atoms. The van der Waals surface area contributed by atoms with Crippen LogP contribution >= 0.6 is 22.6 Å². The average molecular weight is 289 g/mol. The van der Waals surface area contributed by atoms with Crippen molar-refractivity contribution in [3.05, 3.63) is 27.8 Å². The Labute approximate surface area is 91.8 Å². The molecule has 3 nitrogen and oxygen atoms in total. The fourth-order valence-corrected chi connectivity index (χ4v) is 1.49. The van der Waals surface area contributed by atoms with Crippen LogP contribution in [0.1, 0.15) is 0 Å². The van der Waals surface area contributed by atoms with Crippen LogP contribution in [0.4, 0.5) is 5.69 Å². The molecule has 2 N–H and O–H groups in total. The summed E-state index contributed by atoms with van der Waals surface area (Å²) in [6.45, 7) is 0. The van der Waals surface area contributed by atoms with Gasteiger partial charge >= 0.3 is 0 Å². The zero-order valence-electron chi connectivity index (χ0n) is 7.66. The van der Waals surface area contributed by atoms with Crippen molar-refractivity contribution in [1.82, 2.24) is 0 Å². The number of nitrogens with two attached hydrogens (primary N) is 1. The van der Waals surface area contributed by atoms with Crippen LogP contribution in [0, 0.1) is 3.57 Å². The second kappa shape index (κ2) is 4.45. The number of hydrogen-bond acceptors (Lipinski definition) is 1. The van der Waals surface area contributed by atoms with Crippen molar-refractivity contribution < 1.29 is 0 Å².